The van der Waals surface area contributed by atoms with Crippen LogP contribution in [0.2, 0.25) is 0 Å². The summed E-state index contributed by atoms with van der Waals surface area (Å²) in [5.41, 5.74) is 7.04. The third kappa shape index (κ3) is 2.76. The van der Waals surface area contributed by atoms with Crippen molar-refractivity contribution < 1.29 is 17.6 Å². The molecule has 2 N–H and O–H groups in total. The predicted octanol–water partition coefficient (Wildman–Crippen LogP) is 3.66. The zero-order valence-corrected chi connectivity index (χ0v) is 10.6. The summed E-state index contributed by atoms with van der Waals surface area (Å²) in [6.45, 7) is 1.72. The van der Waals surface area contributed by atoms with Crippen molar-refractivity contribution in [1.82, 2.24) is 4.98 Å². The lowest BCUT2D eigenvalue weighted by Crippen LogP contribution is -2.15. The Bertz CT molecular complexity index is 592. The van der Waals surface area contributed by atoms with Gasteiger partial charge in [0.25, 0.3) is 0 Å². The van der Waals surface area contributed by atoms with E-state index in [1.54, 1.807) is 12.4 Å². The molecule has 0 saturated heterocycles. The molecule has 1 atom stereocenters. The van der Waals surface area contributed by atoms with Crippen molar-refractivity contribution in [2.75, 3.05) is 0 Å². The lowest BCUT2D eigenvalue weighted by atomic mass is 10.0. The number of aryl methyl sites for hydroxylation is 1. The van der Waals surface area contributed by atoms with Gasteiger partial charge in [-0.25, -0.2) is 9.37 Å². The molecule has 0 spiro atoms. The average molecular weight is 290 g/mol. The molecule has 0 aliphatic rings. The quantitative estimate of drug-likeness (QED) is 0.857. The number of alkyl halides is 3. The van der Waals surface area contributed by atoms with Crippen LogP contribution in [0.3, 0.4) is 0 Å². The van der Waals surface area contributed by atoms with E-state index in [2.05, 4.69) is 4.98 Å². The normalized spacial score (nSPS) is 13.6. The van der Waals surface area contributed by atoms with E-state index in [9.17, 15) is 17.6 Å². The molecule has 102 valence electrons. The number of nitrogens with zero attached hydrogens (tertiary/aromatic N) is 1. The van der Waals surface area contributed by atoms with Gasteiger partial charge in [-0.1, -0.05) is 6.07 Å². The highest BCUT2D eigenvalue weighted by molar-refractivity contribution is 7.09. The maximum absolute atomic E-state index is 13.2. The molecule has 2 rings (SSSR count). The molecule has 1 unspecified atom stereocenters. The van der Waals surface area contributed by atoms with Crippen LogP contribution in [0.1, 0.15) is 27.7 Å². The van der Waals surface area contributed by atoms with Gasteiger partial charge >= 0.3 is 6.18 Å². The van der Waals surface area contributed by atoms with Crippen molar-refractivity contribution in [3.8, 4) is 0 Å². The van der Waals surface area contributed by atoms with Gasteiger partial charge in [-0.2, -0.15) is 13.2 Å². The van der Waals surface area contributed by atoms with Crippen LogP contribution in [0.4, 0.5) is 17.6 Å². The minimum Gasteiger partial charge on any atom is -0.320 e. The third-order valence-corrected chi connectivity index (χ3v) is 3.73. The summed E-state index contributed by atoms with van der Waals surface area (Å²) >= 11 is 1.26. The Morgan fingerprint density at radius 3 is 2.53 bits per heavy atom. The fourth-order valence-electron chi connectivity index (χ4n) is 1.71. The molecule has 0 fully saturated rings. The molecule has 0 amide bonds. The van der Waals surface area contributed by atoms with Crippen LogP contribution in [-0.4, -0.2) is 4.98 Å². The number of halogens is 4. The first-order chi connectivity index (χ1) is 8.80. The number of thiazole rings is 1. The van der Waals surface area contributed by atoms with Crippen LogP contribution >= 0.6 is 11.3 Å². The van der Waals surface area contributed by atoms with E-state index in [1.807, 2.05) is 0 Å². The zero-order chi connectivity index (χ0) is 14.2. The van der Waals surface area contributed by atoms with Gasteiger partial charge in [0.1, 0.15) is 5.82 Å². The lowest BCUT2D eigenvalue weighted by molar-refractivity contribution is -0.140. The van der Waals surface area contributed by atoms with Crippen molar-refractivity contribution in [2.24, 2.45) is 5.73 Å². The molecule has 1 heterocycles. The minimum absolute atomic E-state index is 0.209. The fraction of sp³-hybridized carbons (Fsp3) is 0.250. The molecule has 0 bridgehead atoms. The van der Waals surface area contributed by atoms with Gasteiger partial charge in [-0.3, -0.25) is 0 Å². The second-order valence-electron chi connectivity index (χ2n) is 4.02. The van der Waals surface area contributed by atoms with Crippen molar-refractivity contribution in [1.29, 1.82) is 0 Å². The molecule has 2 nitrogen and oxygen atoms in total. The van der Waals surface area contributed by atoms with Crippen LogP contribution in [0.5, 0.6) is 0 Å². The topological polar surface area (TPSA) is 38.9 Å². The first-order valence-electron chi connectivity index (χ1n) is 5.33. The van der Waals surface area contributed by atoms with Crippen molar-refractivity contribution in [3.63, 3.8) is 0 Å². The minimum atomic E-state index is -4.73. The van der Waals surface area contributed by atoms with Crippen molar-refractivity contribution in [2.45, 2.75) is 19.1 Å². The van der Waals surface area contributed by atoms with E-state index in [4.69, 9.17) is 5.73 Å². The second-order valence-corrected chi connectivity index (χ2v) is 4.90. The maximum atomic E-state index is 13.2. The van der Waals surface area contributed by atoms with Crippen LogP contribution in [0, 0.1) is 12.7 Å². The fourth-order valence-corrected chi connectivity index (χ4v) is 2.54. The van der Waals surface area contributed by atoms with Crippen LogP contribution in [0.15, 0.2) is 23.7 Å². The van der Waals surface area contributed by atoms with Gasteiger partial charge in [0.2, 0.25) is 0 Å². The number of benzene rings is 1. The third-order valence-electron chi connectivity index (χ3n) is 2.72. The SMILES string of the molecule is Cc1ncsc1C(N)c1ccc(F)c(C(F)(F)F)c1. The van der Waals surface area contributed by atoms with E-state index in [-0.39, 0.29) is 5.56 Å². The number of nitrogens with two attached hydrogens (primary N) is 1. The maximum Gasteiger partial charge on any atom is 0.419 e. The monoisotopic (exact) mass is 290 g/mol. The van der Waals surface area contributed by atoms with E-state index >= 15 is 0 Å². The first kappa shape index (κ1) is 14.0. The van der Waals surface area contributed by atoms with Crippen LogP contribution in [-0.2, 0) is 6.18 Å². The molecule has 0 aliphatic carbocycles. The molecule has 1 aromatic carbocycles. The number of hydrogen-bond acceptors (Lipinski definition) is 3. The first-order valence-corrected chi connectivity index (χ1v) is 6.21. The molecular formula is C12H10F4N2S. The summed E-state index contributed by atoms with van der Waals surface area (Å²) in [6, 6.07) is 2.05. The Kier molecular flexibility index (Phi) is 3.60. The van der Waals surface area contributed by atoms with E-state index in [1.165, 1.54) is 17.4 Å². The summed E-state index contributed by atoms with van der Waals surface area (Å²) in [4.78, 5) is 4.66. The highest BCUT2D eigenvalue weighted by Crippen LogP contribution is 2.34. The zero-order valence-electron chi connectivity index (χ0n) is 9.83. The van der Waals surface area contributed by atoms with Crippen molar-refractivity contribution in [3.05, 3.63) is 51.2 Å². The highest BCUT2D eigenvalue weighted by atomic mass is 32.1. The lowest BCUT2D eigenvalue weighted by Gasteiger charge is -2.14. The summed E-state index contributed by atoms with van der Waals surface area (Å²) in [5.74, 6) is -1.30. The van der Waals surface area contributed by atoms with Crippen LogP contribution < -0.4 is 5.73 Å². The van der Waals surface area contributed by atoms with Crippen LogP contribution in [0.25, 0.3) is 0 Å². The number of aromatic nitrogens is 1. The Balaban J connectivity index is 2.44. The van der Waals surface area contributed by atoms with Gasteiger partial charge in [0.05, 0.1) is 22.8 Å². The van der Waals surface area contributed by atoms with E-state index < -0.39 is 23.6 Å². The van der Waals surface area contributed by atoms with E-state index in [0.29, 0.717) is 10.6 Å². The summed E-state index contributed by atoms with van der Waals surface area (Å²) in [6.07, 6.45) is -4.73. The molecule has 0 saturated carbocycles. The molecule has 19 heavy (non-hydrogen) atoms. The summed E-state index contributed by atoms with van der Waals surface area (Å²) < 4.78 is 51.1. The van der Waals surface area contributed by atoms with Gasteiger partial charge in [-0.15, -0.1) is 11.3 Å². The predicted molar refractivity (Wildman–Crippen MR) is 64.3 cm³/mol. The van der Waals surface area contributed by atoms with Gasteiger partial charge in [0.15, 0.2) is 0 Å². The van der Waals surface area contributed by atoms with Gasteiger partial charge < -0.3 is 5.73 Å². The second kappa shape index (κ2) is 4.90. The molecule has 0 radical (unpaired) electrons. The Morgan fingerprint density at radius 2 is 2.00 bits per heavy atom. The smallest absolute Gasteiger partial charge is 0.320 e. The molecule has 2 aromatic rings. The largest absolute Gasteiger partial charge is 0.419 e. The molecule has 7 heteroatoms. The Hall–Kier alpha value is -1.47. The Labute approximate surface area is 110 Å². The molecular weight excluding hydrogens is 280 g/mol. The van der Waals surface area contributed by atoms with Gasteiger partial charge in [0, 0.05) is 4.88 Å². The summed E-state index contributed by atoms with van der Waals surface area (Å²) in [7, 11) is 0. The summed E-state index contributed by atoms with van der Waals surface area (Å²) in [5, 5.41) is 0. The highest BCUT2D eigenvalue weighted by Gasteiger charge is 2.34. The average Bonchev–Trinajstić information content (AvgIpc) is 2.73. The Morgan fingerprint density at radius 1 is 1.32 bits per heavy atom. The van der Waals surface area contributed by atoms with Crippen molar-refractivity contribution >= 4 is 11.3 Å². The number of rotatable bonds is 2. The molecule has 1 aromatic heterocycles. The molecule has 0 aliphatic heterocycles. The number of hydrogen-bond donors (Lipinski definition) is 1. The van der Waals surface area contributed by atoms with Gasteiger partial charge in [-0.05, 0) is 24.6 Å². The standard InChI is InChI=1S/C12H10F4N2S/c1-6-11(19-5-18-6)10(17)7-2-3-9(13)8(4-7)12(14,15)16/h2-5,10H,17H2,1H3. The van der Waals surface area contributed by atoms with E-state index in [0.717, 1.165) is 12.1 Å².